The minimum absolute atomic E-state index is 1.03. The zero-order chi connectivity index (χ0) is 16.2. The van der Waals surface area contributed by atoms with Gasteiger partial charge in [0.15, 0.2) is 0 Å². The van der Waals surface area contributed by atoms with Crippen molar-refractivity contribution in [1.29, 1.82) is 0 Å². The molecule has 124 valence electrons. The fourth-order valence-electron chi connectivity index (χ4n) is 3.69. The molecule has 0 radical (unpaired) electrons. The van der Waals surface area contributed by atoms with Crippen molar-refractivity contribution in [2.24, 2.45) is 0 Å². The van der Waals surface area contributed by atoms with Crippen molar-refractivity contribution < 1.29 is 0 Å². The number of pyridine rings is 1. The second-order valence-corrected chi connectivity index (χ2v) is 7.76. The van der Waals surface area contributed by atoms with Crippen molar-refractivity contribution in [2.45, 2.75) is 32.1 Å². The summed E-state index contributed by atoms with van der Waals surface area (Å²) in [7, 11) is 0. The van der Waals surface area contributed by atoms with Gasteiger partial charge in [0.1, 0.15) is 0 Å². The summed E-state index contributed by atoms with van der Waals surface area (Å²) in [5.41, 5.74) is 2.75. The van der Waals surface area contributed by atoms with E-state index >= 15 is 0 Å². The van der Waals surface area contributed by atoms with Gasteiger partial charge in [0.05, 0.1) is 0 Å². The van der Waals surface area contributed by atoms with E-state index in [0.29, 0.717) is 0 Å². The molecule has 3 heteroatoms. The Balaban J connectivity index is 1.55. The van der Waals surface area contributed by atoms with Crippen LogP contribution in [0, 0.1) is 0 Å². The first-order valence-electron chi connectivity index (χ1n) is 9.02. The molecule has 0 spiro atoms. The summed E-state index contributed by atoms with van der Waals surface area (Å²) < 4.78 is 1.44. The van der Waals surface area contributed by atoms with Gasteiger partial charge in [-0.15, -0.1) is 11.3 Å². The van der Waals surface area contributed by atoms with Gasteiger partial charge >= 0.3 is 0 Å². The number of nitrogens with zero attached hydrogens (tertiary/aromatic N) is 2. The van der Waals surface area contributed by atoms with Crippen LogP contribution in [0.1, 0.15) is 29.0 Å². The van der Waals surface area contributed by atoms with Crippen LogP contribution in [0.25, 0.3) is 10.1 Å². The van der Waals surface area contributed by atoms with Crippen molar-refractivity contribution in [3.63, 3.8) is 0 Å². The van der Waals surface area contributed by atoms with Crippen molar-refractivity contribution >= 4 is 21.4 Å². The Bertz CT molecular complexity index is 788. The number of thiophene rings is 1. The van der Waals surface area contributed by atoms with Crippen LogP contribution in [-0.4, -0.2) is 29.5 Å². The highest BCUT2D eigenvalue weighted by Gasteiger charge is 2.15. The minimum atomic E-state index is 1.03. The summed E-state index contributed by atoms with van der Waals surface area (Å²) >= 11 is 2.00. The predicted octanol–water partition coefficient (Wildman–Crippen LogP) is 4.72. The Morgan fingerprint density at radius 2 is 1.75 bits per heavy atom. The molecule has 0 saturated carbocycles. The fraction of sp³-hybridized carbons (Fsp3) is 0.381. The molecule has 2 nitrogen and oxygen atoms in total. The van der Waals surface area contributed by atoms with Crippen molar-refractivity contribution in [2.75, 3.05) is 19.6 Å². The molecule has 0 N–H and O–H groups in total. The second kappa shape index (κ2) is 7.45. The SMILES string of the molecule is c1ccc(CCc2c(CCN3CCCC3)sc3ccccc23)nc1. The van der Waals surface area contributed by atoms with Gasteiger partial charge in [-0.3, -0.25) is 4.98 Å². The number of hydrogen-bond acceptors (Lipinski definition) is 3. The van der Waals surface area contributed by atoms with E-state index in [0.717, 1.165) is 12.8 Å². The van der Waals surface area contributed by atoms with Gasteiger partial charge in [-0.05, 0) is 74.3 Å². The van der Waals surface area contributed by atoms with E-state index in [1.165, 1.54) is 54.7 Å². The highest BCUT2D eigenvalue weighted by Crippen LogP contribution is 2.33. The van der Waals surface area contributed by atoms with E-state index in [2.05, 4.69) is 46.3 Å². The molecule has 0 atom stereocenters. The maximum Gasteiger partial charge on any atom is 0.0406 e. The van der Waals surface area contributed by atoms with Gasteiger partial charge in [0, 0.05) is 28.0 Å². The Kier molecular flexibility index (Phi) is 4.91. The Morgan fingerprint density at radius 1 is 0.917 bits per heavy atom. The molecule has 4 rings (SSSR count). The highest BCUT2D eigenvalue weighted by molar-refractivity contribution is 7.19. The summed E-state index contributed by atoms with van der Waals surface area (Å²) in [6.45, 7) is 3.78. The molecular formula is C21H24N2S. The molecule has 1 saturated heterocycles. The Hall–Kier alpha value is -1.71. The molecule has 1 aliphatic heterocycles. The molecule has 3 heterocycles. The Morgan fingerprint density at radius 3 is 2.58 bits per heavy atom. The molecule has 0 bridgehead atoms. The predicted molar refractivity (Wildman–Crippen MR) is 103 cm³/mol. The molecular weight excluding hydrogens is 312 g/mol. The lowest BCUT2D eigenvalue weighted by Crippen LogP contribution is -2.21. The molecule has 3 aromatic rings. The molecule has 1 fully saturated rings. The van der Waals surface area contributed by atoms with Crippen LogP contribution >= 0.6 is 11.3 Å². The minimum Gasteiger partial charge on any atom is -0.303 e. The summed E-state index contributed by atoms with van der Waals surface area (Å²) in [4.78, 5) is 8.69. The summed E-state index contributed by atoms with van der Waals surface area (Å²) in [6, 6.07) is 15.1. The first-order chi connectivity index (χ1) is 11.9. The third kappa shape index (κ3) is 3.52. The van der Waals surface area contributed by atoms with E-state index in [9.17, 15) is 0 Å². The van der Waals surface area contributed by atoms with Gasteiger partial charge in [-0.25, -0.2) is 0 Å². The summed E-state index contributed by atoms with van der Waals surface area (Å²) in [5, 5.41) is 1.45. The highest BCUT2D eigenvalue weighted by atomic mass is 32.1. The van der Waals surface area contributed by atoms with Gasteiger partial charge in [0.25, 0.3) is 0 Å². The van der Waals surface area contributed by atoms with Crippen molar-refractivity contribution in [3.8, 4) is 0 Å². The Labute approximate surface area is 148 Å². The van der Waals surface area contributed by atoms with Gasteiger partial charge < -0.3 is 4.90 Å². The molecule has 1 aliphatic rings. The van der Waals surface area contributed by atoms with Crippen LogP contribution in [0.5, 0.6) is 0 Å². The number of aryl methyl sites for hydroxylation is 2. The first kappa shape index (κ1) is 15.8. The van der Waals surface area contributed by atoms with Gasteiger partial charge in [-0.2, -0.15) is 0 Å². The summed E-state index contributed by atoms with van der Waals surface area (Å²) in [6.07, 6.45) is 7.96. The monoisotopic (exact) mass is 336 g/mol. The lowest BCUT2D eigenvalue weighted by molar-refractivity contribution is 0.344. The summed E-state index contributed by atoms with van der Waals surface area (Å²) in [5.74, 6) is 0. The molecule has 24 heavy (non-hydrogen) atoms. The smallest absolute Gasteiger partial charge is 0.0406 e. The van der Waals surface area contributed by atoms with E-state index in [1.807, 2.05) is 23.6 Å². The number of rotatable bonds is 6. The average molecular weight is 337 g/mol. The number of aromatic nitrogens is 1. The van der Waals surface area contributed by atoms with Crippen LogP contribution in [0.2, 0.25) is 0 Å². The number of likely N-dealkylation sites (tertiary alicyclic amines) is 1. The molecule has 0 unspecified atom stereocenters. The van der Waals surface area contributed by atoms with Crippen LogP contribution in [0.15, 0.2) is 48.7 Å². The standard InChI is InChI=1S/C21H24N2S/c1-2-9-20-18(8-1)19(11-10-17-7-3-4-13-22-17)21(24-20)12-16-23-14-5-6-15-23/h1-4,7-9,13H,5-6,10-12,14-16H2. The van der Waals surface area contributed by atoms with Crippen molar-refractivity contribution in [3.05, 3.63) is 64.8 Å². The molecule has 0 amide bonds. The average Bonchev–Trinajstić information content (AvgIpc) is 3.26. The maximum atomic E-state index is 4.49. The van der Waals surface area contributed by atoms with Gasteiger partial charge in [0.2, 0.25) is 0 Å². The van der Waals surface area contributed by atoms with Crippen LogP contribution in [-0.2, 0) is 19.3 Å². The zero-order valence-corrected chi connectivity index (χ0v) is 14.9. The normalized spacial score (nSPS) is 15.3. The van der Waals surface area contributed by atoms with Crippen LogP contribution in [0.3, 0.4) is 0 Å². The lowest BCUT2D eigenvalue weighted by atomic mass is 10.0. The van der Waals surface area contributed by atoms with E-state index in [4.69, 9.17) is 0 Å². The quantitative estimate of drug-likeness (QED) is 0.647. The first-order valence-corrected chi connectivity index (χ1v) is 9.83. The second-order valence-electron chi connectivity index (χ2n) is 6.62. The topological polar surface area (TPSA) is 16.1 Å². The number of benzene rings is 1. The van der Waals surface area contributed by atoms with Crippen LogP contribution in [0.4, 0.5) is 0 Å². The number of fused-ring (bicyclic) bond motifs is 1. The third-order valence-corrected chi connectivity index (χ3v) is 6.27. The van der Waals surface area contributed by atoms with Crippen molar-refractivity contribution in [1.82, 2.24) is 9.88 Å². The van der Waals surface area contributed by atoms with E-state index in [-0.39, 0.29) is 0 Å². The number of hydrogen-bond donors (Lipinski definition) is 0. The lowest BCUT2D eigenvalue weighted by Gasteiger charge is -2.14. The fourth-order valence-corrected chi connectivity index (χ4v) is 4.93. The molecule has 1 aromatic carbocycles. The van der Waals surface area contributed by atoms with E-state index in [1.54, 1.807) is 10.4 Å². The molecule has 0 aliphatic carbocycles. The largest absolute Gasteiger partial charge is 0.303 e. The van der Waals surface area contributed by atoms with E-state index < -0.39 is 0 Å². The zero-order valence-electron chi connectivity index (χ0n) is 14.1. The third-order valence-electron chi connectivity index (χ3n) is 4.99. The molecule has 2 aromatic heterocycles. The van der Waals surface area contributed by atoms with Gasteiger partial charge in [-0.1, -0.05) is 24.3 Å². The maximum absolute atomic E-state index is 4.49. The van der Waals surface area contributed by atoms with Crippen LogP contribution < -0.4 is 0 Å².